The van der Waals surface area contributed by atoms with E-state index in [1.807, 2.05) is 50.2 Å². The van der Waals surface area contributed by atoms with Gasteiger partial charge < -0.3 is 19.9 Å². The molecule has 0 aromatic heterocycles. The highest BCUT2D eigenvalue weighted by Crippen LogP contribution is 2.21. The molecular formula is C24H32N4O3. The van der Waals surface area contributed by atoms with Gasteiger partial charge in [-0.05, 0) is 50.2 Å². The second kappa shape index (κ2) is 10.3. The van der Waals surface area contributed by atoms with Crippen LogP contribution in [0.5, 0.6) is 5.75 Å². The number of nitrogens with one attached hydrogen (secondary N) is 1. The van der Waals surface area contributed by atoms with Gasteiger partial charge in [-0.3, -0.25) is 14.5 Å². The predicted octanol–water partition coefficient (Wildman–Crippen LogP) is 2.61. The molecule has 0 spiro atoms. The number of rotatable bonds is 7. The molecule has 166 valence electrons. The van der Waals surface area contributed by atoms with Crippen LogP contribution in [0.4, 0.5) is 11.4 Å². The Morgan fingerprint density at radius 3 is 2.23 bits per heavy atom. The van der Waals surface area contributed by atoms with E-state index in [-0.39, 0.29) is 24.4 Å². The van der Waals surface area contributed by atoms with Crippen LogP contribution in [0.2, 0.25) is 0 Å². The number of methoxy groups -OCH3 is 1. The lowest BCUT2D eigenvalue weighted by molar-refractivity contribution is -0.137. The minimum absolute atomic E-state index is 0.0306. The third-order valence-electron chi connectivity index (χ3n) is 5.75. The lowest BCUT2D eigenvalue weighted by Crippen LogP contribution is -2.54. The van der Waals surface area contributed by atoms with Crippen LogP contribution in [-0.2, 0) is 9.59 Å². The van der Waals surface area contributed by atoms with Gasteiger partial charge in [-0.1, -0.05) is 17.7 Å². The van der Waals surface area contributed by atoms with Crippen molar-refractivity contribution in [1.82, 2.24) is 9.80 Å². The Hall–Kier alpha value is -3.06. The highest BCUT2D eigenvalue weighted by atomic mass is 16.5. The first kappa shape index (κ1) is 22.6. The van der Waals surface area contributed by atoms with E-state index in [1.54, 1.807) is 14.2 Å². The first-order chi connectivity index (χ1) is 14.9. The van der Waals surface area contributed by atoms with Crippen LogP contribution in [0.15, 0.2) is 48.5 Å². The van der Waals surface area contributed by atoms with Crippen LogP contribution in [0, 0.1) is 6.92 Å². The van der Waals surface area contributed by atoms with Gasteiger partial charge >= 0.3 is 0 Å². The number of carbonyl (C=O) groups excluding carboxylic acids is 2. The molecule has 2 amide bonds. The van der Waals surface area contributed by atoms with Gasteiger partial charge in [0.2, 0.25) is 11.8 Å². The van der Waals surface area contributed by atoms with E-state index in [9.17, 15) is 9.59 Å². The fourth-order valence-corrected chi connectivity index (χ4v) is 3.77. The topological polar surface area (TPSA) is 65.1 Å². The third kappa shape index (κ3) is 5.98. The van der Waals surface area contributed by atoms with Crippen molar-refractivity contribution in [2.45, 2.75) is 19.9 Å². The minimum Gasteiger partial charge on any atom is -0.497 e. The molecule has 0 radical (unpaired) electrons. The van der Waals surface area contributed by atoms with Gasteiger partial charge in [0.05, 0.1) is 19.7 Å². The number of hydrogen-bond donors (Lipinski definition) is 1. The van der Waals surface area contributed by atoms with Crippen molar-refractivity contribution in [2.75, 3.05) is 57.1 Å². The van der Waals surface area contributed by atoms with E-state index in [0.29, 0.717) is 0 Å². The Labute approximate surface area is 184 Å². The van der Waals surface area contributed by atoms with Gasteiger partial charge in [-0.25, -0.2) is 0 Å². The van der Waals surface area contributed by atoms with Gasteiger partial charge in [0.15, 0.2) is 0 Å². The van der Waals surface area contributed by atoms with Gasteiger partial charge in [0.1, 0.15) is 5.75 Å². The molecule has 1 N–H and O–H groups in total. The van der Waals surface area contributed by atoms with Crippen molar-refractivity contribution in [3.63, 3.8) is 0 Å². The summed E-state index contributed by atoms with van der Waals surface area (Å²) in [7, 11) is 3.34. The molecule has 7 nitrogen and oxygen atoms in total. The SMILES string of the molecule is COc1ccc(N2CCN([C@@H](C)C(=O)N(C)CC(=O)Nc3ccc(C)cc3)CC2)cc1. The zero-order valence-electron chi connectivity index (χ0n) is 18.8. The zero-order chi connectivity index (χ0) is 22.4. The molecule has 7 heteroatoms. The second-order valence-corrected chi connectivity index (χ2v) is 8.01. The maximum Gasteiger partial charge on any atom is 0.243 e. The first-order valence-corrected chi connectivity index (χ1v) is 10.6. The van der Waals surface area contributed by atoms with Gasteiger partial charge in [-0.15, -0.1) is 0 Å². The molecule has 0 aliphatic carbocycles. The number of benzene rings is 2. The summed E-state index contributed by atoms with van der Waals surface area (Å²) in [6, 6.07) is 15.4. The Morgan fingerprint density at radius 1 is 1.03 bits per heavy atom. The quantitative estimate of drug-likeness (QED) is 0.740. The van der Waals surface area contributed by atoms with Crippen LogP contribution >= 0.6 is 0 Å². The predicted molar refractivity (Wildman–Crippen MR) is 124 cm³/mol. The number of piperazine rings is 1. The van der Waals surface area contributed by atoms with E-state index in [2.05, 4.69) is 27.2 Å². The summed E-state index contributed by atoms with van der Waals surface area (Å²) in [4.78, 5) is 31.2. The maximum atomic E-state index is 12.9. The van der Waals surface area contributed by atoms with Crippen LogP contribution in [0.3, 0.4) is 0 Å². The molecule has 3 rings (SSSR count). The minimum atomic E-state index is -0.268. The molecule has 2 aromatic carbocycles. The number of likely N-dealkylation sites (N-methyl/N-ethyl adjacent to an activating group) is 1. The van der Waals surface area contributed by atoms with Crippen molar-refractivity contribution in [3.05, 3.63) is 54.1 Å². The molecule has 1 saturated heterocycles. The summed E-state index contributed by atoms with van der Waals surface area (Å²) in [5.41, 5.74) is 3.02. The summed E-state index contributed by atoms with van der Waals surface area (Å²) >= 11 is 0. The normalized spacial score (nSPS) is 15.3. The van der Waals surface area contributed by atoms with Crippen molar-refractivity contribution in [2.24, 2.45) is 0 Å². The van der Waals surface area contributed by atoms with Crippen LogP contribution in [0.25, 0.3) is 0 Å². The first-order valence-electron chi connectivity index (χ1n) is 10.6. The van der Waals surface area contributed by atoms with E-state index in [0.717, 1.165) is 48.9 Å². The summed E-state index contributed by atoms with van der Waals surface area (Å²) < 4.78 is 5.22. The fraction of sp³-hybridized carbons (Fsp3) is 0.417. The largest absolute Gasteiger partial charge is 0.497 e. The monoisotopic (exact) mass is 424 g/mol. The average Bonchev–Trinajstić information content (AvgIpc) is 2.79. The maximum absolute atomic E-state index is 12.9. The van der Waals surface area contributed by atoms with E-state index in [4.69, 9.17) is 4.74 Å². The van der Waals surface area contributed by atoms with Crippen LogP contribution in [0.1, 0.15) is 12.5 Å². The van der Waals surface area contributed by atoms with E-state index < -0.39 is 0 Å². The number of nitrogens with zero attached hydrogens (tertiary/aromatic N) is 3. The summed E-state index contributed by atoms with van der Waals surface area (Å²) in [6.07, 6.45) is 0. The Bertz CT molecular complexity index is 875. The van der Waals surface area contributed by atoms with Crippen molar-refractivity contribution in [1.29, 1.82) is 0 Å². The Morgan fingerprint density at radius 2 is 1.65 bits per heavy atom. The molecule has 1 heterocycles. The summed E-state index contributed by atoms with van der Waals surface area (Å²) in [6.45, 7) is 7.23. The number of hydrogen-bond acceptors (Lipinski definition) is 5. The van der Waals surface area contributed by atoms with Gasteiger partial charge in [0.25, 0.3) is 0 Å². The summed E-state index contributed by atoms with van der Waals surface area (Å²) in [5, 5.41) is 2.84. The van der Waals surface area contributed by atoms with E-state index >= 15 is 0 Å². The molecule has 1 atom stereocenters. The smallest absolute Gasteiger partial charge is 0.243 e. The Kier molecular flexibility index (Phi) is 7.52. The third-order valence-corrected chi connectivity index (χ3v) is 5.75. The van der Waals surface area contributed by atoms with Crippen LogP contribution < -0.4 is 15.0 Å². The second-order valence-electron chi connectivity index (χ2n) is 8.01. The molecule has 0 unspecified atom stereocenters. The number of ether oxygens (including phenoxy) is 1. The molecule has 0 saturated carbocycles. The molecule has 1 fully saturated rings. The fourth-order valence-electron chi connectivity index (χ4n) is 3.77. The standard InChI is InChI=1S/C24H32N4O3/c1-18-5-7-20(8-6-18)25-23(29)17-26(3)24(30)19(2)27-13-15-28(16-14-27)21-9-11-22(31-4)12-10-21/h5-12,19H,13-17H2,1-4H3,(H,25,29)/t19-/m0/s1. The molecule has 31 heavy (non-hydrogen) atoms. The van der Waals surface area contributed by atoms with Crippen molar-refractivity contribution in [3.8, 4) is 5.75 Å². The Balaban J connectivity index is 1.47. The lowest BCUT2D eigenvalue weighted by Gasteiger charge is -2.39. The van der Waals surface area contributed by atoms with Gasteiger partial charge in [-0.2, -0.15) is 0 Å². The highest BCUT2D eigenvalue weighted by molar-refractivity contribution is 5.95. The highest BCUT2D eigenvalue weighted by Gasteiger charge is 2.28. The number of amides is 2. The molecular weight excluding hydrogens is 392 g/mol. The van der Waals surface area contributed by atoms with Crippen molar-refractivity contribution >= 4 is 23.2 Å². The molecule has 1 aliphatic rings. The number of anilines is 2. The summed E-state index contributed by atoms with van der Waals surface area (Å²) in [5.74, 6) is 0.601. The zero-order valence-corrected chi connectivity index (χ0v) is 18.8. The number of aryl methyl sites for hydroxylation is 1. The number of carbonyl (C=O) groups is 2. The van der Waals surface area contributed by atoms with Gasteiger partial charge in [0, 0.05) is 44.6 Å². The lowest BCUT2D eigenvalue weighted by atomic mass is 10.2. The molecule has 1 aliphatic heterocycles. The molecule has 2 aromatic rings. The average molecular weight is 425 g/mol. The van der Waals surface area contributed by atoms with Crippen molar-refractivity contribution < 1.29 is 14.3 Å². The van der Waals surface area contributed by atoms with E-state index in [1.165, 1.54) is 4.90 Å². The molecule has 0 bridgehead atoms. The van der Waals surface area contributed by atoms with Crippen LogP contribution in [-0.4, -0.2) is 74.5 Å².